The van der Waals surface area contributed by atoms with E-state index in [1.54, 1.807) is 0 Å². The Balaban J connectivity index is 1.97. The van der Waals surface area contributed by atoms with Crippen LogP contribution in [0.4, 0.5) is 5.82 Å². The molecule has 0 saturated heterocycles. The van der Waals surface area contributed by atoms with E-state index >= 15 is 0 Å². The smallest absolute Gasteiger partial charge is 0.371 e. The van der Waals surface area contributed by atoms with Crippen molar-refractivity contribution >= 4 is 17.7 Å². The number of amides is 1. The lowest BCUT2D eigenvalue weighted by Gasteiger charge is -1.99. The molecule has 0 unspecified atom stereocenters. The van der Waals surface area contributed by atoms with Gasteiger partial charge in [0.25, 0.3) is 5.91 Å². The van der Waals surface area contributed by atoms with Gasteiger partial charge in [-0.3, -0.25) is 4.79 Å². The molecule has 4 N–H and O–H groups in total. The van der Waals surface area contributed by atoms with Gasteiger partial charge in [-0.05, 0) is 22.4 Å². The van der Waals surface area contributed by atoms with Crippen LogP contribution in [0.15, 0.2) is 21.2 Å². The number of nitrogens with two attached hydrogens (primary N) is 1. The maximum Gasteiger partial charge on any atom is 0.371 e. The van der Waals surface area contributed by atoms with Gasteiger partial charge in [0.2, 0.25) is 17.3 Å². The van der Waals surface area contributed by atoms with E-state index < -0.39 is 11.9 Å². The fraction of sp³-hybridized carbons (Fsp3) is 0.111. The van der Waals surface area contributed by atoms with Gasteiger partial charge in [-0.2, -0.15) is 0 Å². The van der Waals surface area contributed by atoms with Gasteiger partial charge in [0.15, 0.2) is 0 Å². The molecule has 2 rings (SSSR count). The van der Waals surface area contributed by atoms with Crippen molar-refractivity contribution in [3.05, 3.63) is 29.3 Å². The number of carboxylic acids is 1. The summed E-state index contributed by atoms with van der Waals surface area (Å²) in [5.41, 5.74) is 5.19. The van der Waals surface area contributed by atoms with Crippen molar-refractivity contribution in [1.82, 2.24) is 15.6 Å². The van der Waals surface area contributed by atoms with Crippen LogP contribution in [0.2, 0.25) is 0 Å². The van der Waals surface area contributed by atoms with Crippen LogP contribution in [0.25, 0.3) is 0 Å². The molecule has 0 aromatic carbocycles. The lowest BCUT2D eigenvalue weighted by atomic mass is 10.3. The van der Waals surface area contributed by atoms with Crippen LogP contribution >= 0.6 is 0 Å². The predicted octanol–water partition coefficient (Wildman–Crippen LogP) is -0.127. The molecule has 0 bridgehead atoms. The number of nitrogen functional groups attached to an aromatic ring is 1. The first kappa shape index (κ1) is 11.6. The van der Waals surface area contributed by atoms with E-state index in [1.165, 1.54) is 12.1 Å². The monoisotopic (exact) mass is 252 g/mol. The second-order valence-electron chi connectivity index (χ2n) is 3.25. The highest BCUT2D eigenvalue weighted by atomic mass is 16.6. The summed E-state index contributed by atoms with van der Waals surface area (Å²) in [4.78, 5) is 22.1. The van der Waals surface area contributed by atoms with Crippen LogP contribution in [0, 0.1) is 0 Å². The molecule has 0 fully saturated rings. The molecule has 2 aromatic heterocycles. The number of nitrogens with zero attached hydrogens (tertiary/aromatic N) is 2. The second-order valence-corrected chi connectivity index (χ2v) is 3.25. The number of carboxylic acid groups (broad SMARTS) is 1. The molecule has 2 heterocycles. The Morgan fingerprint density at radius 2 is 2.17 bits per heavy atom. The van der Waals surface area contributed by atoms with Gasteiger partial charge in [0.1, 0.15) is 5.76 Å². The SMILES string of the molecule is Nc1nonc1C(=O)NCc1ccc(C(=O)O)o1. The predicted molar refractivity (Wildman–Crippen MR) is 55.5 cm³/mol. The highest BCUT2D eigenvalue weighted by molar-refractivity contribution is 5.95. The van der Waals surface area contributed by atoms with Crippen LogP contribution in [-0.4, -0.2) is 27.3 Å². The number of anilines is 1. The molecule has 0 atom stereocenters. The summed E-state index contributed by atoms with van der Waals surface area (Å²) < 4.78 is 9.21. The zero-order chi connectivity index (χ0) is 13.1. The summed E-state index contributed by atoms with van der Waals surface area (Å²) in [5.74, 6) is -1.82. The third kappa shape index (κ3) is 2.29. The van der Waals surface area contributed by atoms with Crippen molar-refractivity contribution in [2.24, 2.45) is 0 Å². The summed E-state index contributed by atoms with van der Waals surface area (Å²) in [6.45, 7) is -0.00157. The molecule has 2 aromatic rings. The van der Waals surface area contributed by atoms with Gasteiger partial charge < -0.3 is 20.6 Å². The number of nitrogens with one attached hydrogen (secondary N) is 1. The number of hydrogen-bond acceptors (Lipinski definition) is 7. The highest BCUT2D eigenvalue weighted by Gasteiger charge is 2.16. The summed E-state index contributed by atoms with van der Waals surface area (Å²) >= 11 is 0. The average Bonchev–Trinajstić information content (AvgIpc) is 2.94. The Morgan fingerprint density at radius 1 is 1.39 bits per heavy atom. The van der Waals surface area contributed by atoms with Crippen molar-refractivity contribution in [2.75, 3.05) is 5.73 Å². The van der Waals surface area contributed by atoms with Crippen LogP contribution in [0.5, 0.6) is 0 Å². The molecule has 94 valence electrons. The first-order chi connectivity index (χ1) is 8.58. The molecular formula is C9H8N4O5. The van der Waals surface area contributed by atoms with Crippen LogP contribution < -0.4 is 11.1 Å². The molecule has 0 aliphatic carbocycles. The van der Waals surface area contributed by atoms with Crippen LogP contribution in [0.3, 0.4) is 0 Å². The number of furan rings is 1. The minimum atomic E-state index is -1.18. The molecule has 1 amide bonds. The van der Waals surface area contributed by atoms with Crippen molar-refractivity contribution < 1.29 is 23.7 Å². The molecule has 0 aliphatic heterocycles. The lowest BCUT2D eigenvalue weighted by Crippen LogP contribution is -2.23. The second kappa shape index (κ2) is 4.57. The topological polar surface area (TPSA) is 144 Å². The third-order valence-corrected chi connectivity index (χ3v) is 2.02. The maximum atomic E-state index is 11.5. The van der Waals surface area contributed by atoms with E-state index in [-0.39, 0.29) is 29.6 Å². The Kier molecular flexibility index (Phi) is 2.96. The van der Waals surface area contributed by atoms with E-state index in [2.05, 4.69) is 20.3 Å². The summed E-state index contributed by atoms with van der Waals surface area (Å²) in [6.07, 6.45) is 0. The molecule has 0 aliphatic rings. The van der Waals surface area contributed by atoms with Crippen LogP contribution in [0.1, 0.15) is 26.8 Å². The van der Waals surface area contributed by atoms with E-state index in [4.69, 9.17) is 15.3 Å². The van der Waals surface area contributed by atoms with Crippen LogP contribution in [-0.2, 0) is 6.54 Å². The van der Waals surface area contributed by atoms with Gasteiger partial charge >= 0.3 is 5.97 Å². The number of rotatable bonds is 4. The van der Waals surface area contributed by atoms with Crippen molar-refractivity contribution in [3.8, 4) is 0 Å². The normalized spacial score (nSPS) is 10.2. The quantitative estimate of drug-likeness (QED) is 0.682. The standard InChI is InChI=1S/C9H8N4O5/c10-7-6(12-18-13-7)8(14)11-3-4-1-2-5(17-4)9(15)16/h1-2H,3H2,(H2,10,13)(H,11,14)(H,15,16). The van der Waals surface area contributed by atoms with Gasteiger partial charge in [0.05, 0.1) is 6.54 Å². The van der Waals surface area contributed by atoms with Crippen molar-refractivity contribution in [1.29, 1.82) is 0 Å². The number of aromatic nitrogens is 2. The molecule has 0 spiro atoms. The van der Waals surface area contributed by atoms with E-state index in [0.29, 0.717) is 0 Å². The van der Waals surface area contributed by atoms with Gasteiger partial charge in [-0.1, -0.05) is 0 Å². The lowest BCUT2D eigenvalue weighted by molar-refractivity contribution is 0.0660. The fourth-order valence-electron chi connectivity index (χ4n) is 1.19. The highest BCUT2D eigenvalue weighted by Crippen LogP contribution is 2.08. The zero-order valence-corrected chi connectivity index (χ0v) is 8.91. The summed E-state index contributed by atoms with van der Waals surface area (Å²) in [7, 11) is 0. The first-order valence-corrected chi connectivity index (χ1v) is 4.76. The largest absolute Gasteiger partial charge is 0.475 e. The Labute approximate surface area is 99.5 Å². The first-order valence-electron chi connectivity index (χ1n) is 4.76. The van der Waals surface area contributed by atoms with E-state index in [9.17, 15) is 9.59 Å². The van der Waals surface area contributed by atoms with Gasteiger partial charge in [-0.15, -0.1) is 0 Å². The fourth-order valence-corrected chi connectivity index (χ4v) is 1.19. The Hall–Kier alpha value is -2.84. The van der Waals surface area contributed by atoms with Crippen molar-refractivity contribution in [3.63, 3.8) is 0 Å². The maximum absolute atomic E-state index is 11.5. The molecule has 18 heavy (non-hydrogen) atoms. The van der Waals surface area contributed by atoms with Crippen molar-refractivity contribution in [2.45, 2.75) is 6.54 Å². The number of hydrogen-bond donors (Lipinski definition) is 3. The Morgan fingerprint density at radius 3 is 2.72 bits per heavy atom. The van der Waals surface area contributed by atoms with E-state index in [1.807, 2.05) is 0 Å². The molecular weight excluding hydrogens is 244 g/mol. The number of carbonyl (C=O) groups excluding carboxylic acids is 1. The summed E-state index contributed by atoms with van der Waals surface area (Å²) in [5, 5.41) is 17.6. The minimum absolute atomic E-state index is 0.00157. The minimum Gasteiger partial charge on any atom is -0.475 e. The molecule has 9 heteroatoms. The van der Waals surface area contributed by atoms with E-state index in [0.717, 1.165) is 0 Å². The third-order valence-electron chi connectivity index (χ3n) is 2.02. The van der Waals surface area contributed by atoms with Gasteiger partial charge in [0, 0.05) is 0 Å². The Bertz CT molecular complexity index is 587. The molecule has 0 saturated carbocycles. The average molecular weight is 252 g/mol. The summed E-state index contributed by atoms with van der Waals surface area (Å²) in [6, 6.07) is 2.73. The molecule has 0 radical (unpaired) electrons. The number of aromatic carboxylic acids is 1. The molecule has 9 nitrogen and oxygen atoms in total. The zero-order valence-electron chi connectivity index (χ0n) is 8.91. The number of carbonyl (C=O) groups is 2. The van der Waals surface area contributed by atoms with Gasteiger partial charge in [-0.25, -0.2) is 9.42 Å².